The molecule has 2 aromatic heterocycles. The zero-order valence-corrected chi connectivity index (χ0v) is 11.4. The van der Waals surface area contributed by atoms with E-state index in [2.05, 4.69) is 27.2 Å². The van der Waals surface area contributed by atoms with Gasteiger partial charge in [0.2, 0.25) is 0 Å². The van der Waals surface area contributed by atoms with Crippen LogP contribution >= 0.6 is 0 Å². The molecule has 5 heteroatoms. The van der Waals surface area contributed by atoms with Crippen molar-refractivity contribution in [1.82, 2.24) is 15.0 Å². The lowest BCUT2D eigenvalue weighted by molar-refractivity contribution is 0.621. The summed E-state index contributed by atoms with van der Waals surface area (Å²) in [4.78, 5) is 12.9. The van der Waals surface area contributed by atoms with Gasteiger partial charge in [-0.2, -0.15) is 0 Å². The van der Waals surface area contributed by atoms with Gasteiger partial charge in [-0.25, -0.2) is 19.3 Å². The zero-order valence-electron chi connectivity index (χ0n) is 11.4. The number of halogens is 1. The van der Waals surface area contributed by atoms with Gasteiger partial charge in [0.25, 0.3) is 0 Å². The van der Waals surface area contributed by atoms with E-state index in [-0.39, 0.29) is 5.82 Å². The van der Waals surface area contributed by atoms with Crippen LogP contribution < -0.4 is 5.32 Å². The van der Waals surface area contributed by atoms with Crippen LogP contribution in [-0.2, 0) is 0 Å². The Labute approximate surface area is 112 Å². The van der Waals surface area contributed by atoms with Gasteiger partial charge in [-0.15, -0.1) is 0 Å². The SMILES string of the molecule is CCCNc1nc(-c2ccc(F)cn2)nc(C)c1C. The topological polar surface area (TPSA) is 50.7 Å². The predicted octanol–water partition coefficient (Wildman–Crippen LogP) is 3.12. The van der Waals surface area contributed by atoms with E-state index in [0.29, 0.717) is 11.5 Å². The molecule has 0 bridgehead atoms. The van der Waals surface area contributed by atoms with Gasteiger partial charge in [0.05, 0.1) is 6.20 Å². The van der Waals surface area contributed by atoms with Crippen molar-refractivity contribution in [2.24, 2.45) is 0 Å². The zero-order chi connectivity index (χ0) is 13.8. The predicted molar refractivity (Wildman–Crippen MR) is 73.5 cm³/mol. The van der Waals surface area contributed by atoms with Crippen LogP contribution in [-0.4, -0.2) is 21.5 Å². The Kier molecular flexibility index (Phi) is 4.04. The molecule has 0 aliphatic heterocycles. The second kappa shape index (κ2) is 5.73. The van der Waals surface area contributed by atoms with Crippen LogP contribution in [0.3, 0.4) is 0 Å². The highest BCUT2D eigenvalue weighted by molar-refractivity contribution is 5.56. The molecular weight excluding hydrogens is 243 g/mol. The quantitative estimate of drug-likeness (QED) is 0.917. The van der Waals surface area contributed by atoms with E-state index in [0.717, 1.165) is 30.0 Å². The second-order valence-electron chi connectivity index (χ2n) is 4.39. The summed E-state index contributed by atoms with van der Waals surface area (Å²) >= 11 is 0. The van der Waals surface area contributed by atoms with E-state index in [1.165, 1.54) is 12.3 Å². The molecule has 2 heterocycles. The highest BCUT2D eigenvalue weighted by Crippen LogP contribution is 2.20. The van der Waals surface area contributed by atoms with Crippen LogP contribution in [0.5, 0.6) is 0 Å². The Hall–Kier alpha value is -2.04. The fourth-order valence-corrected chi connectivity index (χ4v) is 1.67. The fraction of sp³-hybridized carbons (Fsp3) is 0.357. The number of anilines is 1. The number of rotatable bonds is 4. The Bertz CT molecular complexity index is 566. The van der Waals surface area contributed by atoms with Crippen molar-refractivity contribution in [1.29, 1.82) is 0 Å². The van der Waals surface area contributed by atoms with Gasteiger partial charge in [-0.05, 0) is 32.4 Å². The Morgan fingerprint density at radius 3 is 2.63 bits per heavy atom. The Balaban J connectivity index is 2.40. The number of nitrogens with one attached hydrogen (secondary N) is 1. The molecule has 0 radical (unpaired) electrons. The average molecular weight is 260 g/mol. The first kappa shape index (κ1) is 13.4. The average Bonchev–Trinajstić information content (AvgIpc) is 2.41. The van der Waals surface area contributed by atoms with Gasteiger partial charge in [-0.1, -0.05) is 6.92 Å². The van der Waals surface area contributed by atoms with Crippen molar-refractivity contribution in [3.63, 3.8) is 0 Å². The van der Waals surface area contributed by atoms with Gasteiger partial charge in [0, 0.05) is 17.8 Å². The minimum atomic E-state index is -0.364. The van der Waals surface area contributed by atoms with Crippen molar-refractivity contribution in [2.45, 2.75) is 27.2 Å². The second-order valence-corrected chi connectivity index (χ2v) is 4.39. The first-order valence-corrected chi connectivity index (χ1v) is 6.33. The monoisotopic (exact) mass is 260 g/mol. The third-order valence-electron chi connectivity index (χ3n) is 2.89. The van der Waals surface area contributed by atoms with Crippen LogP contribution in [0.1, 0.15) is 24.6 Å². The lowest BCUT2D eigenvalue weighted by Crippen LogP contribution is -2.08. The third-order valence-corrected chi connectivity index (χ3v) is 2.89. The molecule has 2 rings (SSSR count). The molecule has 0 saturated heterocycles. The molecule has 0 atom stereocenters. The first-order chi connectivity index (χ1) is 9.11. The summed E-state index contributed by atoms with van der Waals surface area (Å²) in [6.07, 6.45) is 2.19. The number of pyridine rings is 1. The molecule has 100 valence electrons. The number of nitrogens with zero attached hydrogens (tertiary/aromatic N) is 3. The summed E-state index contributed by atoms with van der Waals surface area (Å²) in [6, 6.07) is 2.95. The summed E-state index contributed by atoms with van der Waals surface area (Å²) in [6.45, 7) is 6.86. The van der Waals surface area contributed by atoms with Gasteiger partial charge < -0.3 is 5.32 Å². The molecule has 0 saturated carbocycles. The Morgan fingerprint density at radius 2 is 2.00 bits per heavy atom. The molecular formula is C14H17FN4. The summed E-state index contributed by atoms with van der Waals surface area (Å²) in [5, 5.41) is 3.27. The molecule has 0 aliphatic rings. The molecule has 0 aromatic carbocycles. The minimum absolute atomic E-state index is 0.364. The largest absolute Gasteiger partial charge is 0.370 e. The maximum absolute atomic E-state index is 12.9. The van der Waals surface area contributed by atoms with E-state index in [1.54, 1.807) is 6.07 Å². The summed E-state index contributed by atoms with van der Waals surface area (Å²) < 4.78 is 12.9. The third kappa shape index (κ3) is 3.05. The van der Waals surface area contributed by atoms with E-state index < -0.39 is 0 Å². The van der Waals surface area contributed by atoms with E-state index in [1.807, 2.05) is 13.8 Å². The van der Waals surface area contributed by atoms with Crippen LogP contribution in [0.4, 0.5) is 10.2 Å². The maximum atomic E-state index is 12.9. The Morgan fingerprint density at radius 1 is 1.21 bits per heavy atom. The number of hydrogen-bond donors (Lipinski definition) is 1. The highest BCUT2D eigenvalue weighted by atomic mass is 19.1. The van der Waals surface area contributed by atoms with Crippen molar-refractivity contribution >= 4 is 5.82 Å². The number of aromatic nitrogens is 3. The number of aryl methyl sites for hydroxylation is 1. The highest BCUT2D eigenvalue weighted by Gasteiger charge is 2.10. The number of hydrogen-bond acceptors (Lipinski definition) is 4. The van der Waals surface area contributed by atoms with E-state index in [4.69, 9.17) is 0 Å². The molecule has 19 heavy (non-hydrogen) atoms. The summed E-state index contributed by atoms with van der Waals surface area (Å²) in [5.41, 5.74) is 2.50. The van der Waals surface area contributed by atoms with Gasteiger partial charge in [0.1, 0.15) is 17.3 Å². The molecule has 0 spiro atoms. The molecule has 0 fully saturated rings. The minimum Gasteiger partial charge on any atom is -0.370 e. The van der Waals surface area contributed by atoms with Crippen molar-refractivity contribution < 1.29 is 4.39 Å². The molecule has 0 unspecified atom stereocenters. The van der Waals surface area contributed by atoms with Crippen molar-refractivity contribution in [3.8, 4) is 11.5 Å². The van der Waals surface area contributed by atoms with Crippen LogP contribution in [0.15, 0.2) is 18.3 Å². The smallest absolute Gasteiger partial charge is 0.180 e. The summed E-state index contributed by atoms with van der Waals surface area (Å²) in [7, 11) is 0. The maximum Gasteiger partial charge on any atom is 0.180 e. The lowest BCUT2D eigenvalue weighted by atomic mass is 10.2. The summed E-state index contributed by atoms with van der Waals surface area (Å²) in [5.74, 6) is 0.967. The van der Waals surface area contributed by atoms with Crippen LogP contribution in [0.25, 0.3) is 11.5 Å². The van der Waals surface area contributed by atoms with Gasteiger partial charge in [0.15, 0.2) is 5.82 Å². The van der Waals surface area contributed by atoms with Crippen molar-refractivity contribution in [2.75, 3.05) is 11.9 Å². The molecule has 4 nitrogen and oxygen atoms in total. The van der Waals surface area contributed by atoms with E-state index in [9.17, 15) is 4.39 Å². The van der Waals surface area contributed by atoms with Crippen molar-refractivity contribution in [3.05, 3.63) is 35.4 Å². The standard InChI is InChI=1S/C14H17FN4/c1-4-7-16-13-9(2)10(3)18-14(19-13)12-6-5-11(15)8-17-12/h5-6,8H,4,7H2,1-3H3,(H,16,18,19). The normalized spacial score (nSPS) is 10.5. The molecule has 1 N–H and O–H groups in total. The molecule has 2 aromatic rings. The van der Waals surface area contributed by atoms with Gasteiger partial charge in [-0.3, -0.25) is 0 Å². The van der Waals surface area contributed by atoms with Crippen LogP contribution in [0.2, 0.25) is 0 Å². The fourth-order valence-electron chi connectivity index (χ4n) is 1.67. The molecule has 0 aliphatic carbocycles. The molecule has 0 amide bonds. The first-order valence-electron chi connectivity index (χ1n) is 6.33. The lowest BCUT2D eigenvalue weighted by Gasteiger charge is -2.11. The van der Waals surface area contributed by atoms with Crippen LogP contribution in [0, 0.1) is 19.7 Å². The van der Waals surface area contributed by atoms with E-state index >= 15 is 0 Å². The van der Waals surface area contributed by atoms with Gasteiger partial charge >= 0.3 is 0 Å².